The van der Waals surface area contributed by atoms with Crippen molar-refractivity contribution in [2.75, 3.05) is 0 Å². The minimum Gasteiger partial charge on any atom is -0.361 e. The third kappa shape index (κ3) is 3.94. The number of halogens is 1. The Hall–Kier alpha value is -2.79. The smallest absolute Gasteiger partial charge is 0.242 e. The van der Waals surface area contributed by atoms with Crippen molar-refractivity contribution in [3.05, 3.63) is 70.9 Å². The summed E-state index contributed by atoms with van der Waals surface area (Å²) < 4.78 is 0. The summed E-state index contributed by atoms with van der Waals surface area (Å²) in [6, 6.07) is 14.7. The molecule has 0 fully saturated rings. The number of para-hydroxylation sites is 1. The first-order valence-corrected chi connectivity index (χ1v) is 7.87. The zero-order valence-electron chi connectivity index (χ0n) is 12.8. The Bertz CT molecular complexity index is 871. The largest absolute Gasteiger partial charge is 0.361 e. The number of benzene rings is 2. The number of aromatic amines is 1. The third-order valence-electron chi connectivity index (χ3n) is 3.65. The Morgan fingerprint density at radius 3 is 2.33 bits per heavy atom. The summed E-state index contributed by atoms with van der Waals surface area (Å²) >= 11 is 5.80. The molecule has 2 amide bonds. The molecule has 0 radical (unpaired) electrons. The van der Waals surface area contributed by atoms with Gasteiger partial charge in [-0.15, -0.1) is 0 Å². The molecule has 0 aliphatic carbocycles. The molecule has 1 heterocycles. The molecule has 0 bridgehead atoms. The highest BCUT2D eigenvalue weighted by Crippen LogP contribution is 2.17. The Balaban J connectivity index is 1.52. The number of rotatable bonds is 4. The Morgan fingerprint density at radius 2 is 1.58 bits per heavy atom. The summed E-state index contributed by atoms with van der Waals surface area (Å²) in [5.74, 6) is -0.561. The molecular formula is C18H16ClN3O2. The van der Waals surface area contributed by atoms with Gasteiger partial charge in [0.15, 0.2) is 0 Å². The highest BCUT2D eigenvalue weighted by atomic mass is 35.5. The van der Waals surface area contributed by atoms with Crippen LogP contribution in [0.4, 0.5) is 0 Å². The first-order chi connectivity index (χ1) is 11.6. The van der Waals surface area contributed by atoms with Crippen molar-refractivity contribution in [3.8, 4) is 0 Å². The number of hydrogen-bond acceptors (Lipinski definition) is 2. The number of carbonyl (C=O) groups is 2. The van der Waals surface area contributed by atoms with Gasteiger partial charge in [0, 0.05) is 22.1 Å². The molecule has 0 aliphatic heterocycles. The van der Waals surface area contributed by atoms with Crippen LogP contribution in [0.3, 0.4) is 0 Å². The highest BCUT2D eigenvalue weighted by Gasteiger charge is 2.10. The standard InChI is InChI=1S/C18H16ClN3O2/c19-14-7-5-12(6-8-14)9-17(23)21-22-18(24)10-13-11-20-16-4-2-1-3-15(13)16/h1-8,11,20H,9-10H2,(H,21,23)(H,22,24). The molecule has 1 aromatic heterocycles. The average molecular weight is 342 g/mol. The Labute approximate surface area is 144 Å². The van der Waals surface area contributed by atoms with E-state index in [0.29, 0.717) is 5.02 Å². The fourth-order valence-corrected chi connectivity index (χ4v) is 2.59. The zero-order chi connectivity index (χ0) is 16.9. The summed E-state index contributed by atoms with van der Waals surface area (Å²) in [5, 5.41) is 1.62. The van der Waals surface area contributed by atoms with E-state index in [1.807, 2.05) is 24.3 Å². The second-order valence-electron chi connectivity index (χ2n) is 5.44. The Morgan fingerprint density at radius 1 is 0.917 bits per heavy atom. The predicted molar refractivity (Wildman–Crippen MR) is 93.4 cm³/mol. The molecule has 0 unspecified atom stereocenters. The molecule has 0 saturated heterocycles. The normalized spacial score (nSPS) is 10.5. The van der Waals surface area contributed by atoms with E-state index in [4.69, 9.17) is 11.6 Å². The fourth-order valence-electron chi connectivity index (χ4n) is 2.47. The van der Waals surface area contributed by atoms with Crippen LogP contribution >= 0.6 is 11.6 Å². The van der Waals surface area contributed by atoms with E-state index < -0.39 is 0 Å². The number of carbonyl (C=O) groups excluding carboxylic acids is 2. The molecule has 122 valence electrons. The van der Waals surface area contributed by atoms with Crippen LogP contribution in [0.15, 0.2) is 54.7 Å². The Kier molecular flexibility index (Phi) is 4.82. The molecule has 0 aliphatic rings. The van der Waals surface area contributed by atoms with Crippen LogP contribution in [0.2, 0.25) is 5.02 Å². The van der Waals surface area contributed by atoms with Crippen molar-refractivity contribution in [1.82, 2.24) is 15.8 Å². The molecule has 3 N–H and O–H groups in total. The summed E-state index contributed by atoms with van der Waals surface area (Å²) in [5.41, 5.74) is 7.55. The number of amides is 2. The van der Waals surface area contributed by atoms with E-state index in [2.05, 4.69) is 15.8 Å². The lowest BCUT2D eigenvalue weighted by molar-refractivity contribution is -0.128. The predicted octanol–water partition coefficient (Wildman–Crippen LogP) is 2.75. The van der Waals surface area contributed by atoms with Gasteiger partial charge in [0.2, 0.25) is 11.8 Å². The zero-order valence-corrected chi connectivity index (χ0v) is 13.6. The van der Waals surface area contributed by atoms with Crippen LogP contribution < -0.4 is 10.9 Å². The molecule has 6 heteroatoms. The maximum absolute atomic E-state index is 12.0. The van der Waals surface area contributed by atoms with Gasteiger partial charge in [0.1, 0.15) is 0 Å². The summed E-state index contributed by atoms with van der Waals surface area (Å²) in [7, 11) is 0. The van der Waals surface area contributed by atoms with E-state index in [9.17, 15) is 9.59 Å². The number of fused-ring (bicyclic) bond motifs is 1. The average Bonchev–Trinajstić information content (AvgIpc) is 2.98. The minimum absolute atomic E-state index is 0.171. The molecule has 3 aromatic rings. The quantitative estimate of drug-likeness (QED) is 0.638. The van der Waals surface area contributed by atoms with Crippen LogP contribution in [0.5, 0.6) is 0 Å². The van der Waals surface area contributed by atoms with Crippen molar-refractivity contribution < 1.29 is 9.59 Å². The SMILES string of the molecule is O=C(Cc1ccc(Cl)cc1)NNC(=O)Cc1c[nH]c2ccccc12. The maximum Gasteiger partial charge on any atom is 0.242 e. The second-order valence-corrected chi connectivity index (χ2v) is 5.87. The van der Waals surface area contributed by atoms with Gasteiger partial charge in [-0.05, 0) is 29.3 Å². The second kappa shape index (κ2) is 7.19. The van der Waals surface area contributed by atoms with Gasteiger partial charge in [0.25, 0.3) is 0 Å². The van der Waals surface area contributed by atoms with E-state index in [1.165, 1.54) is 0 Å². The maximum atomic E-state index is 12.0. The van der Waals surface area contributed by atoms with Crippen molar-refractivity contribution in [2.45, 2.75) is 12.8 Å². The van der Waals surface area contributed by atoms with Crippen molar-refractivity contribution >= 4 is 34.3 Å². The van der Waals surface area contributed by atoms with E-state index in [1.54, 1.807) is 30.5 Å². The lowest BCUT2D eigenvalue weighted by Gasteiger charge is -2.07. The van der Waals surface area contributed by atoms with Crippen molar-refractivity contribution in [3.63, 3.8) is 0 Å². The molecule has 0 atom stereocenters. The monoisotopic (exact) mass is 341 g/mol. The van der Waals surface area contributed by atoms with E-state index in [0.717, 1.165) is 22.0 Å². The van der Waals surface area contributed by atoms with Crippen molar-refractivity contribution in [2.24, 2.45) is 0 Å². The molecule has 0 spiro atoms. The van der Waals surface area contributed by atoms with Gasteiger partial charge in [0.05, 0.1) is 12.8 Å². The van der Waals surface area contributed by atoms with Gasteiger partial charge in [-0.25, -0.2) is 0 Å². The van der Waals surface area contributed by atoms with E-state index >= 15 is 0 Å². The van der Waals surface area contributed by atoms with E-state index in [-0.39, 0.29) is 24.7 Å². The van der Waals surface area contributed by atoms with Crippen LogP contribution in [0, 0.1) is 0 Å². The van der Waals surface area contributed by atoms with Crippen LogP contribution in [-0.2, 0) is 22.4 Å². The summed E-state index contributed by atoms with van der Waals surface area (Å²) in [6.07, 6.45) is 2.16. The van der Waals surface area contributed by atoms with Crippen LogP contribution in [-0.4, -0.2) is 16.8 Å². The van der Waals surface area contributed by atoms with Gasteiger partial charge >= 0.3 is 0 Å². The summed E-state index contributed by atoms with van der Waals surface area (Å²) in [6.45, 7) is 0. The van der Waals surface area contributed by atoms with Crippen LogP contribution in [0.1, 0.15) is 11.1 Å². The lowest BCUT2D eigenvalue weighted by Crippen LogP contribution is -2.43. The lowest BCUT2D eigenvalue weighted by atomic mass is 10.1. The number of hydrogen-bond donors (Lipinski definition) is 3. The first-order valence-electron chi connectivity index (χ1n) is 7.49. The number of nitrogens with one attached hydrogen (secondary N) is 3. The van der Waals surface area contributed by atoms with Crippen LogP contribution in [0.25, 0.3) is 10.9 Å². The van der Waals surface area contributed by atoms with Crippen molar-refractivity contribution in [1.29, 1.82) is 0 Å². The minimum atomic E-state index is -0.287. The highest BCUT2D eigenvalue weighted by molar-refractivity contribution is 6.30. The molecular weight excluding hydrogens is 326 g/mol. The first kappa shape index (κ1) is 16.1. The molecule has 5 nitrogen and oxygen atoms in total. The fraction of sp³-hybridized carbons (Fsp3) is 0.111. The van der Waals surface area contributed by atoms with Gasteiger partial charge in [-0.2, -0.15) is 0 Å². The topological polar surface area (TPSA) is 74.0 Å². The molecule has 2 aromatic carbocycles. The molecule has 3 rings (SSSR count). The molecule has 24 heavy (non-hydrogen) atoms. The number of aromatic nitrogens is 1. The van der Waals surface area contributed by atoms with Gasteiger partial charge in [-0.3, -0.25) is 20.4 Å². The third-order valence-corrected chi connectivity index (χ3v) is 3.90. The number of H-pyrrole nitrogens is 1. The summed E-state index contributed by atoms with van der Waals surface area (Å²) in [4.78, 5) is 27.0. The van der Waals surface area contributed by atoms with Gasteiger partial charge in [-0.1, -0.05) is 41.9 Å². The number of hydrazine groups is 1. The molecule has 0 saturated carbocycles. The van der Waals surface area contributed by atoms with Gasteiger partial charge < -0.3 is 4.98 Å².